The van der Waals surface area contributed by atoms with Gasteiger partial charge in [0, 0.05) is 16.3 Å². The Morgan fingerprint density at radius 2 is 2.21 bits per heavy atom. The first kappa shape index (κ1) is 11.0. The molecule has 1 unspecified atom stereocenters. The van der Waals surface area contributed by atoms with Crippen LogP contribution in [0.1, 0.15) is 17.3 Å². The summed E-state index contributed by atoms with van der Waals surface area (Å²) >= 11 is 5.78. The van der Waals surface area contributed by atoms with Crippen LogP contribution in [0.3, 0.4) is 0 Å². The normalized spacial score (nSPS) is 12.5. The molecule has 0 fully saturated rings. The van der Waals surface area contributed by atoms with Crippen LogP contribution in [0.2, 0.25) is 5.02 Å². The zero-order chi connectivity index (χ0) is 10.7. The molecule has 1 atom stereocenters. The molecule has 0 spiro atoms. The molecule has 0 saturated carbocycles. The summed E-state index contributed by atoms with van der Waals surface area (Å²) < 4.78 is 0. The van der Waals surface area contributed by atoms with Crippen LogP contribution in [0.15, 0.2) is 18.2 Å². The fourth-order valence-corrected chi connectivity index (χ4v) is 1.28. The molecule has 76 valence electrons. The Balaban J connectivity index is 3.06. The SMILES string of the molecule is CNC(C)C(=O)c1cc(Cl)ccc1N. The average Bonchev–Trinajstić information content (AvgIpc) is 2.19. The molecule has 3 N–H and O–H groups in total. The number of anilines is 1. The summed E-state index contributed by atoms with van der Waals surface area (Å²) in [6, 6.07) is 4.64. The number of hydrogen-bond donors (Lipinski definition) is 2. The highest BCUT2D eigenvalue weighted by Crippen LogP contribution is 2.19. The number of likely N-dealkylation sites (N-methyl/N-ethyl adjacent to an activating group) is 1. The second-order valence-corrected chi connectivity index (χ2v) is 3.54. The van der Waals surface area contributed by atoms with E-state index < -0.39 is 0 Å². The lowest BCUT2D eigenvalue weighted by Gasteiger charge is -2.10. The Bertz CT molecular complexity index is 352. The highest BCUT2D eigenvalue weighted by molar-refractivity contribution is 6.31. The molecule has 3 nitrogen and oxygen atoms in total. The van der Waals surface area contributed by atoms with Crippen LogP contribution in [-0.4, -0.2) is 18.9 Å². The van der Waals surface area contributed by atoms with Crippen molar-refractivity contribution in [2.45, 2.75) is 13.0 Å². The number of nitrogens with one attached hydrogen (secondary N) is 1. The number of carbonyl (C=O) groups excluding carboxylic acids is 1. The van der Waals surface area contributed by atoms with Gasteiger partial charge in [-0.25, -0.2) is 0 Å². The third-order valence-electron chi connectivity index (χ3n) is 2.11. The van der Waals surface area contributed by atoms with E-state index in [-0.39, 0.29) is 11.8 Å². The number of Topliss-reactive ketones (excluding diaryl/α,β-unsaturated/α-hetero) is 1. The number of benzene rings is 1. The summed E-state index contributed by atoms with van der Waals surface area (Å²) in [6.07, 6.45) is 0. The predicted octanol–water partition coefficient (Wildman–Crippen LogP) is 1.71. The maximum Gasteiger partial charge on any atom is 0.181 e. The number of halogens is 1. The van der Waals surface area contributed by atoms with Crippen molar-refractivity contribution >= 4 is 23.1 Å². The standard InChI is InChI=1S/C10H13ClN2O/c1-6(13-2)10(14)8-5-7(11)3-4-9(8)12/h3-6,13H,12H2,1-2H3. The van der Waals surface area contributed by atoms with Crippen molar-refractivity contribution in [2.24, 2.45) is 0 Å². The second-order valence-electron chi connectivity index (χ2n) is 3.11. The van der Waals surface area contributed by atoms with Gasteiger partial charge in [-0.1, -0.05) is 11.6 Å². The summed E-state index contributed by atoms with van der Waals surface area (Å²) in [5, 5.41) is 3.38. The van der Waals surface area contributed by atoms with Crippen molar-refractivity contribution in [3.05, 3.63) is 28.8 Å². The summed E-state index contributed by atoms with van der Waals surface area (Å²) in [5.41, 5.74) is 6.61. The van der Waals surface area contributed by atoms with E-state index in [2.05, 4.69) is 5.32 Å². The second kappa shape index (κ2) is 4.44. The molecule has 0 heterocycles. The van der Waals surface area contributed by atoms with E-state index in [9.17, 15) is 4.79 Å². The molecule has 0 aliphatic heterocycles. The smallest absolute Gasteiger partial charge is 0.181 e. The number of nitrogens with two attached hydrogens (primary N) is 1. The van der Waals surface area contributed by atoms with Crippen molar-refractivity contribution in [1.82, 2.24) is 5.32 Å². The Hall–Kier alpha value is -1.06. The molecule has 1 aromatic carbocycles. The van der Waals surface area contributed by atoms with Crippen LogP contribution in [-0.2, 0) is 0 Å². The molecule has 1 aromatic rings. The largest absolute Gasteiger partial charge is 0.398 e. The van der Waals surface area contributed by atoms with Gasteiger partial charge in [0.2, 0.25) is 0 Å². The van der Waals surface area contributed by atoms with Gasteiger partial charge < -0.3 is 11.1 Å². The van der Waals surface area contributed by atoms with E-state index in [4.69, 9.17) is 17.3 Å². The van der Waals surface area contributed by atoms with Crippen LogP contribution in [0, 0.1) is 0 Å². The minimum Gasteiger partial charge on any atom is -0.398 e. The monoisotopic (exact) mass is 212 g/mol. The first-order valence-corrected chi connectivity index (χ1v) is 4.70. The lowest BCUT2D eigenvalue weighted by molar-refractivity contribution is 0.0956. The zero-order valence-electron chi connectivity index (χ0n) is 8.17. The van der Waals surface area contributed by atoms with Gasteiger partial charge in [-0.15, -0.1) is 0 Å². The Kier molecular flexibility index (Phi) is 3.49. The van der Waals surface area contributed by atoms with Crippen LogP contribution in [0.5, 0.6) is 0 Å². The van der Waals surface area contributed by atoms with Crippen molar-refractivity contribution < 1.29 is 4.79 Å². The molecule has 4 heteroatoms. The highest BCUT2D eigenvalue weighted by atomic mass is 35.5. The van der Waals surface area contributed by atoms with E-state index in [0.717, 1.165) is 0 Å². The van der Waals surface area contributed by atoms with Crippen LogP contribution >= 0.6 is 11.6 Å². The molecular formula is C10H13ClN2O. The van der Waals surface area contributed by atoms with Crippen molar-refractivity contribution in [2.75, 3.05) is 12.8 Å². The minimum absolute atomic E-state index is 0.0486. The fourth-order valence-electron chi connectivity index (χ4n) is 1.11. The van der Waals surface area contributed by atoms with Gasteiger partial charge in [-0.2, -0.15) is 0 Å². The predicted molar refractivity (Wildman–Crippen MR) is 58.7 cm³/mol. The lowest BCUT2D eigenvalue weighted by atomic mass is 10.0. The molecule has 0 aliphatic carbocycles. The Morgan fingerprint density at radius 1 is 1.57 bits per heavy atom. The number of carbonyl (C=O) groups is 1. The molecule has 0 aliphatic rings. The van der Waals surface area contributed by atoms with Gasteiger partial charge in [0.1, 0.15) is 0 Å². The van der Waals surface area contributed by atoms with Gasteiger partial charge in [0.25, 0.3) is 0 Å². The van der Waals surface area contributed by atoms with Gasteiger partial charge in [-0.3, -0.25) is 4.79 Å². The van der Waals surface area contributed by atoms with Gasteiger partial charge >= 0.3 is 0 Å². The molecule has 0 aromatic heterocycles. The Morgan fingerprint density at radius 3 is 2.79 bits per heavy atom. The average molecular weight is 213 g/mol. The quantitative estimate of drug-likeness (QED) is 0.593. The number of hydrogen-bond acceptors (Lipinski definition) is 3. The summed E-state index contributed by atoms with van der Waals surface area (Å²) in [5.74, 6) is -0.0486. The topological polar surface area (TPSA) is 55.1 Å². The Labute approximate surface area is 88.2 Å². The first-order valence-electron chi connectivity index (χ1n) is 4.32. The van der Waals surface area contributed by atoms with E-state index in [1.54, 1.807) is 32.2 Å². The fraction of sp³-hybridized carbons (Fsp3) is 0.300. The van der Waals surface area contributed by atoms with E-state index in [1.165, 1.54) is 0 Å². The first-order chi connectivity index (χ1) is 6.56. The molecular weight excluding hydrogens is 200 g/mol. The number of ketones is 1. The minimum atomic E-state index is -0.254. The maximum atomic E-state index is 11.7. The van der Waals surface area contributed by atoms with Crippen molar-refractivity contribution in [3.63, 3.8) is 0 Å². The number of nitrogen functional groups attached to an aromatic ring is 1. The van der Waals surface area contributed by atoms with Gasteiger partial charge in [-0.05, 0) is 32.2 Å². The molecule has 1 rings (SSSR count). The van der Waals surface area contributed by atoms with E-state index in [0.29, 0.717) is 16.3 Å². The van der Waals surface area contributed by atoms with Crippen LogP contribution < -0.4 is 11.1 Å². The molecule has 14 heavy (non-hydrogen) atoms. The summed E-state index contributed by atoms with van der Waals surface area (Å²) in [7, 11) is 1.73. The molecule has 0 amide bonds. The van der Waals surface area contributed by atoms with Crippen molar-refractivity contribution in [1.29, 1.82) is 0 Å². The maximum absolute atomic E-state index is 11.7. The van der Waals surface area contributed by atoms with E-state index in [1.807, 2.05) is 0 Å². The summed E-state index contributed by atoms with van der Waals surface area (Å²) in [6.45, 7) is 1.78. The third kappa shape index (κ3) is 2.25. The van der Waals surface area contributed by atoms with Crippen LogP contribution in [0.4, 0.5) is 5.69 Å². The van der Waals surface area contributed by atoms with E-state index >= 15 is 0 Å². The van der Waals surface area contributed by atoms with Crippen LogP contribution in [0.25, 0.3) is 0 Å². The summed E-state index contributed by atoms with van der Waals surface area (Å²) in [4.78, 5) is 11.7. The number of rotatable bonds is 3. The zero-order valence-corrected chi connectivity index (χ0v) is 8.93. The van der Waals surface area contributed by atoms with Gasteiger partial charge in [0.15, 0.2) is 5.78 Å². The lowest BCUT2D eigenvalue weighted by Crippen LogP contribution is -2.31. The third-order valence-corrected chi connectivity index (χ3v) is 2.34. The van der Waals surface area contributed by atoms with Gasteiger partial charge in [0.05, 0.1) is 6.04 Å². The molecule has 0 bridgehead atoms. The van der Waals surface area contributed by atoms with Crippen molar-refractivity contribution in [3.8, 4) is 0 Å². The molecule has 0 saturated heterocycles. The highest BCUT2D eigenvalue weighted by Gasteiger charge is 2.15. The molecule has 0 radical (unpaired) electrons.